The molecule has 0 unspecified atom stereocenters. The molecular formula is C12H13N3O2. The zero-order valence-electron chi connectivity index (χ0n) is 9.51. The lowest BCUT2D eigenvalue weighted by molar-refractivity contribution is -0.0806. The SMILES string of the molecule is CNc1nc(OC2COC2)c2ccccc2n1. The van der Waals surface area contributed by atoms with Gasteiger partial charge in [0.1, 0.15) is 6.10 Å². The van der Waals surface area contributed by atoms with E-state index in [4.69, 9.17) is 9.47 Å². The topological polar surface area (TPSA) is 56.3 Å². The average molecular weight is 231 g/mol. The Kier molecular flexibility index (Phi) is 2.53. The molecule has 2 aromatic rings. The second-order valence-corrected chi connectivity index (χ2v) is 3.90. The van der Waals surface area contributed by atoms with Gasteiger partial charge in [0, 0.05) is 7.05 Å². The molecule has 0 saturated carbocycles. The van der Waals surface area contributed by atoms with Crippen LogP contribution in [0, 0.1) is 0 Å². The predicted molar refractivity (Wildman–Crippen MR) is 64.3 cm³/mol. The summed E-state index contributed by atoms with van der Waals surface area (Å²) in [6.07, 6.45) is 0.109. The first-order valence-corrected chi connectivity index (χ1v) is 5.56. The molecule has 1 N–H and O–H groups in total. The average Bonchev–Trinajstić information content (AvgIpc) is 2.33. The molecule has 17 heavy (non-hydrogen) atoms. The van der Waals surface area contributed by atoms with Crippen LogP contribution in [0.1, 0.15) is 0 Å². The van der Waals surface area contributed by atoms with Gasteiger partial charge >= 0.3 is 0 Å². The summed E-state index contributed by atoms with van der Waals surface area (Å²) in [5.41, 5.74) is 0.877. The van der Waals surface area contributed by atoms with Crippen LogP contribution in [0.2, 0.25) is 0 Å². The van der Waals surface area contributed by atoms with E-state index >= 15 is 0 Å². The standard InChI is InChI=1S/C12H13N3O2/c1-13-12-14-10-5-3-2-4-9(10)11(15-12)17-8-6-16-7-8/h2-5,8H,6-7H2,1H3,(H,13,14,15). The van der Waals surface area contributed by atoms with Gasteiger partial charge in [-0.15, -0.1) is 0 Å². The van der Waals surface area contributed by atoms with E-state index in [0.29, 0.717) is 25.0 Å². The number of hydrogen-bond acceptors (Lipinski definition) is 5. The Morgan fingerprint density at radius 3 is 2.82 bits per heavy atom. The molecule has 1 fully saturated rings. The Balaban J connectivity index is 2.05. The largest absolute Gasteiger partial charge is 0.469 e. The summed E-state index contributed by atoms with van der Waals surface area (Å²) in [5.74, 6) is 1.19. The number of hydrogen-bond donors (Lipinski definition) is 1. The number of fused-ring (bicyclic) bond motifs is 1. The van der Waals surface area contributed by atoms with Gasteiger partial charge in [-0.05, 0) is 12.1 Å². The Morgan fingerprint density at radius 1 is 1.29 bits per heavy atom. The van der Waals surface area contributed by atoms with Crippen LogP contribution in [0.5, 0.6) is 5.88 Å². The first-order chi connectivity index (χ1) is 8.36. The van der Waals surface area contributed by atoms with Gasteiger partial charge in [-0.25, -0.2) is 4.98 Å². The van der Waals surface area contributed by atoms with E-state index < -0.39 is 0 Å². The number of benzene rings is 1. The highest BCUT2D eigenvalue weighted by molar-refractivity contribution is 5.84. The fraction of sp³-hybridized carbons (Fsp3) is 0.333. The predicted octanol–water partition coefficient (Wildman–Crippen LogP) is 1.45. The van der Waals surface area contributed by atoms with E-state index in [1.807, 2.05) is 24.3 Å². The fourth-order valence-corrected chi connectivity index (χ4v) is 1.69. The summed E-state index contributed by atoms with van der Waals surface area (Å²) in [6, 6.07) is 7.81. The van der Waals surface area contributed by atoms with Gasteiger partial charge in [0.05, 0.1) is 24.1 Å². The van der Waals surface area contributed by atoms with E-state index in [9.17, 15) is 0 Å². The van der Waals surface area contributed by atoms with Crippen LogP contribution in [-0.2, 0) is 4.74 Å². The molecule has 0 atom stereocenters. The second-order valence-electron chi connectivity index (χ2n) is 3.90. The fourth-order valence-electron chi connectivity index (χ4n) is 1.69. The summed E-state index contributed by atoms with van der Waals surface area (Å²) in [4.78, 5) is 8.71. The molecule has 0 aliphatic carbocycles. The van der Waals surface area contributed by atoms with Gasteiger partial charge in [0.15, 0.2) is 0 Å². The zero-order valence-corrected chi connectivity index (χ0v) is 9.51. The van der Waals surface area contributed by atoms with E-state index in [2.05, 4.69) is 15.3 Å². The lowest BCUT2D eigenvalue weighted by atomic mass is 10.2. The number of rotatable bonds is 3. The maximum Gasteiger partial charge on any atom is 0.226 e. The molecule has 1 saturated heterocycles. The third-order valence-electron chi connectivity index (χ3n) is 2.68. The number of para-hydroxylation sites is 1. The second kappa shape index (κ2) is 4.18. The Morgan fingerprint density at radius 2 is 2.12 bits per heavy atom. The Hall–Kier alpha value is -1.88. The van der Waals surface area contributed by atoms with Gasteiger partial charge < -0.3 is 14.8 Å². The lowest BCUT2D eigenvalue weighted by Gasteiger charge is -2.26. The minimum absolute atomic E-state index is 0.109. The summed E-state index contributed by atoms with van der Waals surface area (Å²) in [5, 5.41) is 3.86. The van der Waals surface area contributed by atoms with Crippen LogP contribution >= 0.6 is 0 Å². The summed E-state index contributed by atoms with van der Waals surface area (Å²) >= 11 is 0. The molecule has 1 aliphatic heterocycles. The molecule has 2 heterocycles. The maximum absolute atomic E-state index is 5.79. The molecule has 1 aromatic heterocycles. The zero-order chi connectivity index (χ0) is 11.7. The van der Waals surface area contributed by atoms with Crippen LogP contribution in [0.3, 0.4) is 0 Å². The first kappa shape index (κ1) is 10.3. The van der Waals surface area contributed by atoms with Gasteiger partial charge in [-0.1, -0.05) is 12.1 Å². The summed E-state index contributed by atoms with van der Waals surface area (Å²) in [7, 11) is 1.79. The molecule has 3 rings (SSSR count). The normalized spacial score (nSPS) is 15.6. The third-order valence-corrected chi connectivity index (χ3v) is 2.68. The number of anilines is 1. The minimum atomic E-state index is 0.109. The molecule has 5 heteroatoms. The summed E-state index contributed by atoms with van der Waals surface area (Å²) in [6.45, 7) is 1.26. The summed E-state index contributed by atoms with van der Waals surface area (Å²) < 4.78 is 10.9. The minimum Gasteiger partial charge on any atom is -0.469 e. The lowest BCUT2D eigenvalue weighted by Crippen LogP contribution is -2.38. The van der Waals surface area contributed by atoms with Crippen LogP contribution in [0.4, 0.5) is 5.95 Å². The van der Waals surface area contributed by atoms with E-state index in [1.165, 1.54) is 0 Å². The Bertz CT molecular complexity index is 540. The molecule has 0 amide bonds. The van der Waals surface area contributed by atoms with E-state index in [1.54, 1.807) is 7.05 Å². The van der Waals surface area contributed by atoms with Crippen molar-refractivity contribution in [3.63, 3.8) is 0 Å². The van der Waals surface area contributed by atoms with Crippen LogP contribution in [0.15, 0.2) is 24.3 Å². The molecule has 0 radical (unpaired) electrons. The van der Waals surface area contributed by atoms with Crippen molar-refractivity contribution >= 4 is 16.9 Å². The van der Waals surface area contributed by atoms with E-state index in [0.717, 1.165) is 10.9 Å². The molecule has 0 bridgehead atoms. The van der Waals surface area contributed by atoms with Crippen molar-refractivity contribution in [3.8, 4) is 5.88 Å². The van der Waals surface area contributed by atoms with E-state index in [-0.39, 0.29) is 6.10 Å². The molecule has 1 aliphatic rings. The van der Waals surface area contributed by atoms with Crippen molar-refractivity contribution in [3.05, 3.63) is 24.3 Å². The maximum atomic E-state index is 5.79. The number of nitrogens with zero attached hydrogens (tertiary/aromatic N) is 2. The highest BCUT2D eigenvalue weighted by Gasteiger charge is 2.22. The highest BCUT2D eigenvalue weighted by atomic mass is 16.6. The Labute approximate surface area is 98.8 Å². The van der Waals surface area contributed by atoms with Crippen molar-refractivity contribution in [2.24, 2.45) is 0 Å². The van der Waals surface area contributed by atoms with Gasteiger partial charge in [-0.3, -0.25) is 0 Å². The molecule has 1 aromatic carbocycles. The highest BCUT2D eigenvalue weighted by Crippen LogP contribution is 2.25. The van der Waals surface area contributed by atoms with Crippen molar-refractivity contribution in [1.82, 2.24) is 9.97 Å². The van der Waals surface area contributed by atoms with Crippen molar-refractivity contribution in [1.29, 1.82) is 0 Å². The van der Waals surface area contributed by atoms with Gasteiger partial charge in [0.25, 0.3) is 0 Å². The number of nitrogens with one attached hydrogen (secondary N) is 1. The van der Waals surface area contributed by atoms with Crippen LogP contribution < -0.4 is 10.1 Å². The monoisotopic (exact) mass is 231 g/mol. The number of aromatic nitrogens is 2. The van der Waals surface area contributed by atoms with Gasteiger partial charge in [-0.2, -0.15) is 4.98 Å². The quantitative estimate of drug-likeness (QED) is 0.866. The van der Waals surface area contributed by atoms with Gasteiger partial charge in [0.2, 0.25) is 11.8 Å². The smallest absolute Gasteiger partial charge is 0.226 e. The van der Waals surface area contributed by atoms with Crippen LogP contribution in [0.25, 0.3) is 10.9 Å². The first-order valence-electron chi connectivity index (χ1n) is 5.56. The molecule has 0 spiro atoms. The third kappa shape index (κ3) is 1.89. The number of ether oxygens (including phenoxy) is 2. The molecular weight excluding hydrogens is 218 g/mol. The van der Waals surface area contributed by atoms with Crippen molar-refractivity contribution in [2.45, 2.75) is 6.10 Å². The molecule has 88 valence electrons. The van der Waals surface area contributed by atoms with Crippen LogP contribution in [-0.4, -0.2) is 36.3 Å². The molecule has 5 nitrogen and oxygen atoms in total. The van der Waals surface area contributed by atoms with Crippen molar-refractivity contribution < 1.29 is 9.47 Å². The van der Waals surface area contributed by atoms with Crippen molar-refractivity contribution in [2.75, 3.05) is 25.6 Å².